The lowest BCUT2D eigenvalue weighted by Gasteiger charge is -2.22. The Balaban J connectivity index is 1.53. The van der Waals surface area contributed by atoms with Gasteiger partial charge in [-0.05, 0) is 37.1 Å². The van der Waals surface area contributed by atoms with Gasteiger partial charge in [-0.3, -0.25) is 0 Å². The summed E-state index contributed by atoms with van der Waals surface area (Å²) in [6.07, 6.45) is 1.63. The van der Waals surface area contributed by atoms with Crippen LogP contribution in [0.5, 0.6) is 11.5 Å². The van der Waals surface area contributed by atoms with Gasteiger partial charge in [-0.1, -0.05) is 23.4 Å². The topological polar surface area (TPSA) is 89.7 Å². The number of amides is 2. The van der Waals surface area contributed by atoms with E-state index in [9.17, 15) is 4.79 Å². The second-order valence-corrected chi connectivity index (χ2v) is 6.67. The van der Waals surface area contributed by atoms with Crippen LogP contribution in [-0.4, -0.2) is 41.8 Å². The van der Waals surface area contributed by atoms with Crippen LogP contribution in [0.4, 0.5) is 10.5 Å². The molecule has 0 radical (unpaired) electrons. The van der Waals surface area contributed by atoms with E-state index in [0.717, 1.165) is 18.4 Å². The first-order valence-corrected chi connectivity index (χ1v) is 9.38. The van der Waals surface area contributed by atoms with E-state index in [4.69, 9.17) is 14.0 Å². The number of aromatic nitrogens is 2. The fourth-order valence-corrected chi connectivity index (χ4v) is 3.47. The molecule has 0 aliphatic carbocycles. The van der Waals surface area contributed by atoms with E-state index in [1.807, 2.05) is 42.5 Å². The molecule has 0 spiro atoms. The third-order valence-electron chi connectivity index (χ3n) is 4.91. The van der Waals surface area contributed by atoms with E-state index >= 15 is 0 Å². The van der Waals surface area contributed by atoms with Crippen LogP contribution in [0.25, 0.3) is 11.4 Å². The molecule has 1 aliphatic rings. The lowest BCUT2D eigenvalue weighted by atomic mass is 10.2. The summed E-state index contributed by atoms with van der Waals surface area (Å²) in [6, 6.07) is 14.2. The molecule has 8 heteroatoms. The Morgan fingerprint density at radius 1 is 1.17 bits per heavy atom. The first-order valence-electron chi connectivity index (χ1n) is 9.38. The molecule has 0 bridgehead atoms. The number of ether oxygens (including phenoxy) is 2. The van der Waals surface area contributed by atoms with E-state index in [1.54, 1.807) is 25.2 Å². The second-order valence-electron chi connectivity index (χ2n) is 6.67. The molecule has 29 heavy (non-hydrogen) atoms. The van der Waals surface area contributed by atoms with E-state index < -0.39 is 0 Å². The summed E-state index contributed by atoms with van der Waals surface area (Å²) in [5.74, 6) is 2.21. The maximum Gasteiger partial charge on any atom is 0.322 e. The highest BCUT2D eigenvalue weighted by molar-refractivity contribution is 5.90. The normalized spacial score (nSPS) is 15.9. The summed E-state index contributed by atoms with van der Waals surface area (Å²) in [5.41, 5.74) is 1.41. The van der Waals surface area contributed by atoms with Gasteiger partial charge in [0.2, 0.25) is 11.7 Å². The zero-order chi connectivity index (χ0) is 20.2. The zero-order valence-electron chi connectivity index (χ0n) is 16.3. The van der Waals surface area contributed by atoms with Crippen molar-refractivity contribution < 1.29 is 18.8 Å². The molecule has 1 unspecified atom stereocenters. The van der Waals surface area contributed by atoms with Gasteiger partial charge in [0.25, 0.3) is 0 Å². The van der Waals surface area contributed by atoms with Crippen LogP contribution in [0.1, 0.15) is 24.8 Å². The molecule has 8 nitrogen and oxygen atoms in total. The van der Waals surface area contributed by atoms with E-state index in [-0.39, 0.29) is 12.1 Å². The summed E-state index contributed by atoms with van der Waals surface area (Å²) in [4.78, 5) is 19.1. The van der Waals surface area contributed by atoms with Crippen molar-refractivity contribution in [3.8, 4) is 22.9 Å². The highest BCUT2D eigenvalue weighted by Gasteiger charge is 2.34. The van der Waals surface area contributed by atoms with Crippen molar-refractivity contribution in [2.75, 3.05) is 26.1 Å². The molecule has 1 fully saturated rings. The van der Waals surface area contributed by atoms with Crippen molar-refractivity contribution in [2.24, 2.45) is 0 Å². The smallest absolute Gasteiger partial charge is 0.322 e. The number of nitrogens with zero attached hydrogens (tertiary/aromatic N) is 3. The van der Waals surface area contributed by atoms with Crippen LogP contribution in [0.2, 0.25) is 0 Å². The van der Waals surface area contributed by atoms with Gasteiger partial charge in [-0.15, -0.1) is 0 Å². The standard InChI is InChI=1S/C21H22N4O4/c1-27-15-8-5-7-14(13-15)22-21(26)25-12-6-10-17(25)20-23-19(24-29-20)16-9-3-4-11-18(16)28-2/h3-5,7-9,11,13,17H,6,10,12H2,1-2H3,(H,22,26). The maximum absolute atomic E-state index is 12.8. The average molecular weight is 394 g/mol. The van der Waals surface area contributed by atoms with Gasteiger partial charge in [0, 0.05) is 18.3 Å². The Kier molecular flexibility index (Phi) is 5.33. The molecule has 4 rings (SSSR count). The molecule has 1 saturated heterocycles. The third-order valence-corrected chi connectivity index (χ3v) is 4.91. The van der Waals surface area contributed by atoms with Crippen molar-refractivity contribution in [1.29, 1.82) is 0 Å². The molecule has 2 aromatic carbocycles. The summed E-state index contributed by atoms with van der Waals surface area (Å²) in [7, 11) is 3.19. The number of para-hydroxylation sites is 1. The minimum Gasteiger partial charge on any atom is -0.497 e. The predicted molar refractivity (Wildman–Crippen MR) is 107 cm³/mol. The SMILES string of the molecule is COc1cccc(NC(=O)N2CCCC2c2nc(-c3ccccc3OC)no2)c1. The monoisotopic (exact) mass is 394 g/mol. The van der Waals surface area contributed by atoms with Crippen LogP contribution >= 0.6 is 0 Å². The Labute approximate surface area is 168 Å². The predicted octanol–water partition coefficient (Wildman–Crippen LogP) is 4.12. The summed E-state index contributed by atoms with van der Waals surface area (Å²) in [5, 5.41) is 7.01. The molecule has 0 saturated carbocycles. The van der Waals surface area contributed by atoms with Crippen molar-refractivity contribution in [1.82, 2.24) is 15.0 Å². The third kappa shape index (κ3) is 3.87. The zero-order valence-corrected chi connectivity index (χ0v) is 16.3. The number of methoxy groups -OCH3 is 2. The Morgan fingerprint density at radius 2 is 2.03 bits per heavy atom. The van der Waals surface area contributed by atoms with Crippen LogP contribution in [-0.2, 0) is 0 Å². The van der Waals surface area contributed by atoms with Gasteiger partial charge in [-0.25, -0.2) is 4.79 Å². The van der Waals surface area contributed by atoms with Crippen LogP contribution in [0.15, 0.2) is 53.1 Å². The second kappa shape index (κ2) is 8.22. The van der Waals surface area contributed by atoms with Crippen molar-refractivity contribution in [3.05, 3.63) is 54.4 Å². The number of carbonyl (C=O) groups excluding carboxylic acids is 1. The fourth-order valence-electron chi connectivity index (χ4n) is 3.47. The number of hydrogen-bond donors (Lipinski definition) is 1. The van der Waals surface area contributed by atoms with Crippen molar-refractivity contribution in [2.45, 2.75) is 18.9 Å². The van der Waals surface area contributed by atoms with Gasteiger partial charge in [-0.2, -0.15) is 4.98 Å². The number of carbonyl (C=O) groups is 1. The molecule has 1 N–H and O–H groups in total. The lowest BCUT2D eigenvalue weighted by molar-refractivity contribution is 0.193. The number of likely N-dealkylation sites (tertiary alicyclic amines) is 1. The first-order chi connectivity index (χ1) is 14.2. The summed E-state index contributed by atoms with van der Waals surface area (Å²) < 4.78 is 16.1. The summed E-state index contributed by atoms with van der Waals surface area (Å²) in [6.45, 7) is 0.618. The van der Waals surface area contributed by atoms with Gasteiger partial charge in [0.1, 0.15) is 17.5 Å². The first kappa shape index (κ1) is 18.8. The fraction of sp³-hybridized carbons (Fsp3) is 0.286. The van der Waals surface area contributed by atoms with Gasteiger partial charge >= 0.3 is 6.03 Å². The van der Waals surface area contributed by atoms with Gasteiger partial charge < -0.3 is 24.2 Å². The minimum absolute atomic E-state index is 0.210. The molecule has 2 heterocycles. The molecular weight excluding hydrogens is 372 g/mol. The Bertz CT molecular complexity index is 1000. The molecule has 150 valence electrons. The van der Waals surface area contributed by atoms with E-state index in [1.165, 1.54) is 0 Å². The maximum atomic E-state index is 12.8. The number of anilines is 1. The van der Waals surface area contributed by atoms with Gasteiger partial charge in [0.05, 0.1) is 19.8 Å². The van der Waals surface area contributed by atoms with E-state index in [0.29, 0.717) is 35.4 Å². The number of benzene rings is 2. The molecule has 1 aromatic heterocycles. The number of rotatable bonds is 5. The number of hydrogen-bond acceptors (Lipinski definition) is 6. The van der Waals surface area contributed by atoms with Gasteiger partial charge in [0.15, 0.2) is 0 Å². The summed E-state index contributed by atoms with van der Waals surface area (Å²) >= 11 is 0. The molecule has 1 atom stereocenters. The Morgan fingerprint density at radius 3 is 2.86 bits per heavy atom. The number of nitrogens with one attached hydrogen (secondary N) is 1. The molecule has 1 aliphatic heterocycles. The Hall–Kier alpha value is -3.55. The van der Waals surface area contributed by atoms with E-state index in [2.05, 4.69) is 15.5 Å². The molecular formula is C21H22N4O4. The average Bonchev–Trinajstić information content (AvgIpc) is 3.43. The lowest BCUT2D eigenvalue weighted by Crippen LogP contribution is -2.34. The minimum atomic E-state index is -0.267. The highest BCUT2D eigenvalue weighted by atomic mass is 16.5. The van der Waals surface area contributed by atoms with Crippen molar-refractivity contribution >= 4 is 11.7 Å². The van der Waals surface area contributed by atoms with Crippen LogP contribution < -0.4 is 14.8 Å². The van der Waals surface area contributed by atoms with Crippen LogP contribution in [0, 0.1) is 0 Å². The number of urea groups is 1. The van der Waals surface area contributed by atoms with Crippen molar-refractivity contribution in [3.63, 3.8) is 0 Å². The molecule has 3 aromatic rings. The van der Waals surface area contributed by atoms with Crippen LogP contribution in [0.3, 0.4) is 0 Å². The largest absolute Gasteiger partial charge is 0.497 e. The molecule has 2 amide bonds. The highest BCUT2D eigenvalue weighted by Crippen LogP contribution is 2.34. The quantitative estimate of drug-likeness (QED) is 0.700.